The first kappa shape index (κ1) is 15.7. The van der Waals surface area contributed by atoms with Gasteiger partial charge in [-0.05, 0) is 46.5 Å². The fourth-order valence-electron chi connectivity index (χ4n) is 1.99. The summed E-state index contributed by atoms with van der Waals surface area (Å²) in [7, 11) is 0. The number of amides is 1. The van der Waals surface area contributed by atoms with Crippen molar-refractivity contribution >= 4 is 27.5 Å². The van der Waals surface area contributed by atoms with E-state index in [-0.39, 0.29) is 5.91 Å². The van der Waals surface area contributed by atoms with Gasteiger partial charge in [-0.3, -0.25) is 4.79 Å². The Morgan fingerprint density at radius 3 is 2.81 bits per heavy atom. The highest BCUT2D eigenvalue weighted by atomic mass is 79.9. The summed E-state index contributed by atoms with van der Waals surface area (Å²) < 4.78 is 6.07. The maximum Gasteiger partial charge on any atom is 0.241 e. The molecule has 1 aromatic heterocycles. The molecule has 1 amide bonds. The van der Waals surface area contributed by atoms with E-state index in [0.717, 1.165) is 10.0 Å². The lowest BCUT2D eigenvalue weighted by Gasteiger charge is -2.14. The third-order valence-corrected chi connectivity index (χ3v) is 3.65. The summed E-state index contributed by atoms with van der Waals surface area (Å²) in [5, 5.41) is 2.82. The lowest BCUT2D eigenvalue weighted by molar-refractivity contribution is -0.117. The molecule has 2 rings (SSSR count). The van der Waals surface area contributed by atoms with E-state index in [1.807, 2.05) is 32.0 Å². The SMILES string of the molecule is CC(C)C[C@@H](N)C(=O)Nc1ccc(-c2cnco2)c(Br)c1. The molecule has 2 aromatic rings. The van der Waals surface area contributed by atoms with Crippen LogP contribution in [0.15, 0.2) is 39.7 Å². The Bertz CT molecular complexity index is 611. The molecule has 21 heavy (non-hydrogen) atoms. The highest BCUT2D eigenvalue weighted by Gasteiger charge is 2.16. The number of rotatable bonds is 5. The predicted molar refractivity (Wildman–Crippen MR) is 85.7 cm³/mol. The van der Waals surface area contributed by atoms with Crippen molar-refractivity contribution in [3.8, 4) is 11.3 Å². The van der Waals surface area contributed by atoms with Crippen molar-refractivity contribution in [2.75, 3.05) is 5.32 Å². The number of anilines is 1. The number of hydrogen-bond donors (Lipinski definition) is 2. The highest BCUT2D eigenvalue weighted by Crippen LogP contribution is 2.30. The topological polar surface area (TPSA) is 81.2 Å². The van der Waals surface area contributed by atoms with Gasteiger partial charge in [0.1, 0.15) is 0 Å². The minimum Gasteiger partial charge on any atom is -0.443 e. The van der Waals surface area contributed by atoms with E-state index in [2.05, 4.69) is 26.2 Å². The normalized spacial score (nSPS) is 12.4. The number of nitrogens with zero attached hydrogens (tertiary/aromatic N) is 1. The Morgan fingerprint density at radius 2 is 2.24 bits per heavy atom. The zero-order valence-corrected chi connectivity index (χ0v) is 13.6. The minimum absolute atomic E-state index is 0.178. The van der Waals surface area contributed by atoms with Crippen LogP contribution in [0.25, 0.3) is 11.3 Å². The van der Waals surface area contributed by atoms with Crippen LogP contribution in [0.5, 0.6) is 0 Å². The first-order valence-corrected chi connectivity index (χ1v) is 7.51. The monoisotopic (exact) mass is 351 g/mol. The van der Waals surface area contributed by atoms with Gasteiger partial charge in [-0.25, -0.2) is 4.98 Å². The molecule has 0 aliphatic carbocycles. The number of hydrogen-bond acceptors (Lipinski definition) is 4. The molecule has 1 heterocycles. The van der Waals surface area contributed by atoms with Crippen LogP contribution in [-0.2, 0) is 4.79 Å². The summed E-state index contributed by atoms with van der Waals surface area (Å²) in [6.45, 7) is 4.08. The summed E-state index contributed by atoms with van der Waals surface area (Å²) in [5.74, 6) is 0.866. The second-order valence-electron chi connectivity index (χ2n) is 5.29. The van der Waals surface area contributed by atoms with E-state index < -0.39 is 6.04 Å². The largest absolute Gasteiger partial charge is 0.443 e. The van der Waals surface area contributed by atoms with Gasteiger partial charge in [0.25, 0.3) is 0 Å². The van der Waals surface area contributed by atoms with Gasteiger partial charge in [-0.1, -0.05) is 13.8 Å². The van der Waals surface area contributed by atoms with Crippen LogP contribution >= 0.6 is 15.9 Å². The van der Waals surface area contributed by atoms with Crippen LogP contribution in [-0.4, -0.2) is 16.9 Å². The fourth-order valence-corrected chi connectivity index (χ4v) is 2.57. The van der Waals surface area contributed by atoms with Gasteiger partial charge in [-0.2, -0.15) is 0 Å². The Balaban J connectivity index is 2.09. The van der Waals surface area contributed by atoms with Crippen molar-refractivity contribution < 1.29 is 9.21 Å². The molecule has 0 radical (unpaired) electrons. The number of carbonyl (C=O) groups excluding carboxylic acids is 1. The molecule has 5 nitrogen and oxygen atoms in total. The Morgan fingerprint density at radius 1 is 1.48 bits per heavy atom. The lowest BCUT2D eigenvalue weighted by atomic mass is 10.0. The predicted octanol–water partition coefficient (Wildman–Crippen LogP) is 3.42. The maximum atomic E-state index is 12.0. The third kappa shape index (κ3) is 4.15. The van der Waals surface area contributed by atoms with Gasteiger partial charge in [0.2, 0.25) is 5.91 Å². The van der Waals surface area contributed by atoms with Gasteiger partial charge in [-0.15, -0.1) is 0 Å². The molecule has 1 atom stereocenters. The fraction of sp³-hybridized carbons (Fsp3) is 0.333. The maximum absolute atomic E-state index is 12.0. The van der Waals surface area contributed by atoms with E-state index >= 15 is 0 Å². The molecule has 1 aromatic carbocycles. The van der Waals surface area contributed by atoms with E-state index in [1.54, 1.807) is 6.20 Å². The van der Waals surface area contributed by atoms with Gasteiger partial charge < -0.3 is 15.5 Å². The van der Waals surface area contributed by atoms with E-state index in [1.165, 1.54) is 6.39 Å². The molecule has 3 N–H and O–H groups in total. The molecular weight excluding hydrogens is 334 g/mol. The molecule has 0 aliphatic heterocycles. The zero-order valence-electron chi connectivity index (χ0n) is 12.0. The van der Waals surface area contributed by atoms with Gasteiger partial charge >= 0.3 is 0 Å². The number of carbonyl (C=O) groups is 1. The Labute approximate surface area is 132 Å². The molecule has 0 spiro atoms. The molecule has 0 bridgehead atoms. The molecule has 112 valence electrons. The average Bonchev–Trinajstić information content (AvgIpc) is 2.91. The molecule has 0 saturated carbocycles. The van der Waals surface area contributed by atoms with Crippen molar-refractivity contribution in [3.63, 3.8) is 0 Å². The average molecular weight is 352 g/mol. The lowest BCUT2D eigenvalue weighted by Crippen LogP contribution is -2.36. The number of aromatic nitrogens is 1. The van der Waals surface area contributed by atoms with Crippen LogP contribution in [0.2, 0.25) is 0 Å². The molecule has 6 heteroatoms. The third-order valence-electron chi connectivity index (χ3n) is 3.00. The summed E-state index contributed by atoms with van der Waals surface area (Å²) in [6.07, 6.45) is 3.67. The molecular formula is C15H18BrN3O2. The standard InChI is InChI=1S/C15H18BrN3O2/c1-9(2)5-13(17)15(20)19-10-3-4-11(12(16)6-10)14-7-18-8-21-14/h3-4,6-9,13H,5,17H2,1-2H3,(H,19,20)/t13-/m1/s1. The van der Waals surface area contributed by atoms with Gasteiger partial charge in [0.15, 0.2) is 12.2 Å². The number of oxazole rings is 1. The Kier molecular flexibility index (Phi) is 5.14. The second-order valence-corrected chi connectivity index (χ2v) is 6.14. The molecule has 0 saturated heterocycles. The van der Waals surface area contributed by atoms with E-state index in [0.29, 0.717) is 23.8 Å². The highest BCUT2D eigenvalue weighted by molar-refractivity contribution is 9.10. The minimum atomic E-state index is -0.502. The van der Waals surface area contributed by atoms with Crippen LogP contribution < -0.4 is 11.1 Å². The number of nitrogens with one attached hydrogen (secondary N) is 1. The summed E-state index contributed by atoms with van der Waals surface area (Å²) >= 11 is 3.47. The van der Waals surface area contributed by atoms with Crippen LogP contribution in [0.3, 0.4) is 0 Å². The van der Waals surface area contributed by atoms with Gasteiger partial charge in [0, 0.05) is 15.7 Å². The zero-order chi connectivity index (χ0) is 15.4. The van der Waals surface area contributed by atoms with Gasteiger partial charge in [0.05, 0.1) is 12.2 Å². The van der Waals surface area contributed by atoms with Crippen molar-refractivity contribution in [3.05, 3.63) is 35.3 Å². The first-order valence-electron chi connectivity index (χ1n) is 6.72. The number of benzene rings is 1. The molecule has 0 unspecified atom stereocenters. The van der Waals surface area contributed by atoms with Crippen LogP contribution in [0.1, 0.15) is 20.3 Å². The van der Waals surface area contributed by atoms with Crippen LogP contribution in [0, 0.1) is 5.92 Å². The van der Waals surface area contributed by atoms with Crippen molar-refractivity contribution in [2.45, 2.75) is 26.3 Å². The number of halogens is 1. The van der Waals surface area contributed by atoms with E-state index in [9.17, 15) is 4.79 Å². The van der Waals surface area contributed by atoms with E-state index in [4.69, 9.17) is 10.2 Å². The summed E-state index contributed by atoms with van der Waals surface area (Å²) in [6, 6.07) is 4.98. The second kappa shape index (κ2) is 6.87. The van der Waals surface area contributed by atoms with Crippen molar-refractivity contribution in [1.29, 1.82) is 0 Å². The van der Waals surface area contributed by atoms with Crippen molar-refractivity contribution in [1.82, 2.24) is 4.98 Å². The number of nitrogens with two attached hydrogens (primary N) is 1. The first-order chi connectivity index (χ1) is 9.97. The van der Waals surface area contributed by atoms with Crippen LogP contribution in [0.4, 0.5) is 5.69 Å². The van der Waals surface area contributed by atoms with Crippen molar-refractivity contribution in [2.24, 2.45) is 11.7 Å². The molecule has 0 aliphatic rings. The summed E-state index contributed by atoms with van der Waals surface area (Å²) in [5.41, 5.74) is 7.43. The summed E-state index contributed by atoms with van der Waals surface area (Å²) in [4.78, 5) is 15.9. The quantitative estimate of drug-likeness (QED) is 0.864. The Hall–Kier alpha value is -1.66. The molecule has 0 fully saturated rings. The smallest absolute Gasteiger partial charge is 0.241 e.